The average molecular weight is 290 g/mol. The number of nitrogens with zero attached hydrogens (tertiary/aromatic N) is 2. The molecule has 1 aromatic carbocycles. The molecule has 0 bridgehead atoms. The van der Waals surface area contributed by atoms with Crippen molar-refractivity contribution in [1.29, 1.82) is 0 Å². The van der Waals surface area contributed by atoms with E-state index in [1.807, 2.05) is 30.3 Å². The largest absolute Gasteiger partial charge is 0.337 e. The number of hydrogen-bond donors (Lipinski definition) is 0. The minimum Gasteiger partial charge on any atom is -0.337 e. The maximum absolute atomic E-state index is 12.9. The number of hydrogen-bond acceptors (Lipinski definition) is 2. The topological polar surface area (TPSA) is 34.9 Å². The molecule has 110 valence electrons. The molecule has 3 heterocycles. The van der Waals surface area contributed by atoms with Gasteiger partial charge in [0, 0.05) is 35.3 Å². The van der Waals surface area contributed by atoms with Crippen LogP contribution in [0.4, 0.5) is 0 Å². The zero-order valence-corrected chi connectivity index (χ0v) is 12.8. The Balaban J connectivity index is 1.78. The number of carbonyl (C=O) groups excluding carboxylic acids is 1. The first-order valence-corrected chi connectivity index (χ1v) is 7.62. The lowest BCUT2D eigenvalue weighted by Crippen LogP contribution is -2.33. The number of carbonyl (C=O) groups is 1. The van der Waals surface area contributed by atoms with Crippen LogP contribution in [0.5, 0.6) is 0 Å². The van der Waals surface area contributed by atoms with Gasteiger partial charge in [0.2, 0.25) is 0 Å². The summed E-state index contributed by atoms with van der Waals surface area (Å²) in [5.41, 5.74) is 2.95. The summed E-state index contributed by atoms with van der Waals surface area (Å²) in [4.78, 5) is 17.0. The van der Waals surface area contributed by atoms with E-state index in [2.05, 4.69) is 35.5 Å². The van der Waals surface area contributed by atoms with Crippen LogP contribution in [0, 0.1) is 5.92 Å². The van der Waals surface area contributed by atoms with E-state index in [1.165, 1.54) is 0 Å². The number of rotatable bonds is 2. The number of benzene rings is 1. The molecule has 1 unspecified atom stereocenters. The highest BCUT2D eigenvalue weighted by molar-refractivity contribution is 6.04. The number of ketones is 1. The van der Waals surface area contributed by atoms with Crippen LogP contribution in [-0.2, 0) is 12.0 Å². The number of fused-ring (bicyclic) bond motifs is 3. The fourth-order valence-electron chi connectivity index (χ4n) is 3.59. The summed E-state index contributed by atoms with van der Waals surface area (Å²) in [7, 11) is 0. The Morgan fingerprint density at radius 3 is 2.64 bits per heavy atom. The zero-order valence-electron chi connectivity index (χ0n) is 12.8. The maximum Gasteiger partial charge on any atom is 0.184 e. The predicted octanol–water partition coefficient (Wildman–Crippen LogP) is 3.83. The van der Waals surface area contributed by atoms with E-state index >= 15 is 0 Å². The molecule has 0 spiro atoms. The van der Waals surface area contributed by atoms with Crippen molar-refractivity contribution in [3.05, 3.63) is 66.1 Å². The Kier molecular flexibility index (Phi) is 2.73. The molecule has 0 fully saturated rings. The van der Waals surface area contributed by atoms with Crippen LogP contribution in [0.2, 0.25) is 0 Å². The van der Waals surface area contributed by atoms with Crippen LogP contribution in [0.25, 0.3) is 10.9 Å². The normalized spacial score (nSPS) is 17.9. The Morgan fingerprint density at radius 1 is 1.14 bits per heavy atom. The second-order valence-electron chi connectivity index (χ2n) is 6.57. The molecule has 0 radical (unpaired) electrons. The molecule has 4 rings (SSSR count). The van der Waals surface area contributed by atoms with Crippen molar-refractivity contribution < 1.29 is 4.79 Å². The highest BCUT2D eigenvalue weighted by Crippen LogP contribution is 2.40. The van der Waals surface area contributed by atoms with Gasteiger partial charge in [0.1, 0.15) is 0 Å². The fourth-order valence-corrected chi connectivity index (χ4v) is 3.59. The van der Waals surface area contributed by atoms with E-state index in [9.17, 15) is 4.79 Å². The van der Waals surface area contributed by atoms with Gasteiger partial charge in [-0.1, -0.05) is 32.0 Å². The summed E-state index contributed by atoms with van der Waals surface area (Å²) in [6, 6.07) is 14.3. The molecule has 1 aliphatic rings. The third-order valence-corrected chi connectivity index (χ3v) is 5.04. The van der Waals surface area contributed by atoms with E-state index in [1.54, 1.807) is 12.4 Å². The van der Waals surface area contributed by atoms with Gasteiger partial charge in [-0.05, 0) is 29.8 Å². The Bertz CT molecular complexity index is 862. The molecular weight excluding hydrogens is 272 g/mol. The van der Waals surface area contributed by atoms with Crippen LogP contribution in [0.15, 0.2) is 54.9 Å². The number of Topliss-reactive ketones (excluding diaryl/α,β-unsaturated/α-hetero) is 1. The highest BCUT2D eigenvalue weighted by Gasteiger charge is 2.42. The van der Waals surface area contributed by atoms with E-state index in [-0.39, 0.29) is 17.1 Å². The lowest BCUT2D eigenvalue weighted by Gasteiger charge is -2.30. The van der Waals surface area contributed by atoms with Crippen molar-refractivity contribution in [2.75, 3.05) is 0 Å². The van der Waals surface area contributed by atoms with Gasteiger partial charge >= 0.3 is 0 Å². The summed E-state index contributed by atoms with van der Waals surface area (Å²) in [6.45, 7) is 5.05. The van der Waals surface area contributed by atoms with Gasteiger partial charge in [-0.15, -0.1) is 0 Å². The minimum atomic E-state index is -0.208. The molecular formula is C19H18N2O. The van der Waals surface area contributed by atoms with E-state index in [0.717, 1.165) is 28.7 Å². The third-order valence-electron chi connectivity index (χ3n) is 5.04. The lowest BCUT2D eigenvalue weighted by molar-refractivity contribution is 0.0884. The van der Waals surface area contributed by atoms with Gasteiger partial charge in [-0.25, -0.2) is 0 Å². The van der Waals surface area contributed by atoms with Crippen molar-refractivity contribution in [2.24, 2.45) is 5.92 Å². The minimum absolute atomic E-state index is 0.0329. The Morgan fingerprint density at radius 2 is 1.86 bits per heavy atom. The molecule has 0 saturated carbocycles. The number of para-hydroxylation sites is 1. The Hall–Kier alpha value is -2.42. The van der Waals surface area contributed by atoms with Crippen molar-refractivity contribution >= 4 is 16.7 Å². The van der Waals surface area contributed by atoms with E-state index in [4.69, 9.17) is 0 Å². The second kappa shape index (κ2) is 4.54. The van der Waals surface area contributed by atoms with Crippen LogP contribution >= 0.6 is 0 Å². The predicted molar refractivity (Wildman–Crippen MR) is 87.0 cm³/mol. The molecule has 2 aromatic heterocycles. The van der Waals surface area contributed by atoms with Crippen LogP contribution in [0.1, 0.15) is 29.9 Å². The first kappa shape index (κ1) is 13.3. The van der Waals surface area contributed by atoms with E-state index in [0.29, 0.717) is 0 Å². The zero-order chi connectivity index (χ0) is 15.3. The standard InChI is InChI=1S/C19H18N2O/c1-19(2,14-7-9-20-10-8-14)15-12-21-16-6-4-3-5-13(16)11-17(21)18(15)22/h3-11,15H,12H2,1-2H3. The smallest absolute Gasteiger partial charge is 0.184 e. The van der Waals surface area contributed by atoms with Gasteiger partial charge in [-0.2, -0.15) is 0 Å². The molecule has 0 saturated heterocycles. The van der Waals surface area contributed by atoms with Crippen molar-refractivity contribution in [2.45, 2.75) is 25.8 Å². The molecule has 0 amide bonds. The first-order valence-electron chi connectivity index (χ1n) is 7.62. The van der Waals surface area contributed by atoms with Gasteiger partial charge in [-0.3, -0.25) is 9.78 Å². The van der Waals surface area contributed by atoms with Gasteiger partial charge in [0.25, 0.3) is 0 Å². The van der Waals surface area contributed by atoms with Crippen LogP contribution in [0.3, 0.4) is 0 Å². The first-order chi connectivity index (χ1) is 10.6. The SMILES string of the molecule is CC(C)(c1ccncc1)C1Cn2c(cc3ccccc32)C1=O. The summed E-state index contributed by atoms with van der Waals surface area (Å²) >= 11 is 0. The third kappa shape index (κ3) is 1.75. The maximum atomic E-state index is 12.9. The molecule has 22 heavy (non-hydrogen) atoms. The average Bonchev–Trinajstić information content (AvgIpc) is 3.06. The molecule has 1 aliphatic heterocycles. The summed E-state index contributed by atoms with van der Waals surface area (Å²) in [5.74, 6) is 0.215. The van der Waals surface area contributed by atoms with Crippen molar-refractivity contribution in [3.8, 4) is 0 Å². The lowest BCUT2D eigenvalue weighted by atomic mass is 9.72. The highest BCUT2D eigenvalue weighted by atomic mass is 16.1. The molecule has 1 atom stereocenters. The Labute approximate surface area is 129 Å². The van der Waals surface area contributed by atoms with Gasteiger partial charge < -0.3 is 4.57 Å². The summed E-state index contributed by atoms with van der Waals surface area (Å²) in [5, 5.41) is 1.14. The van der Waals surface area contributed by atoms with Crippen molar-refractivity contribution in [1.82, 2.24) is 9.55 Å². The molecule has 0 N–H and O–H groups in total. The quantitative estimate of drug-likeness (QED) is 0.719. The van der Waals surface area contributed by atoms with E-state index < -0.39 is 0 Å². The summed E-state index contributed by atoms with van der Waals surface area (Å²) < 4.78 is 2.17. The molecule has 3 aromatic rings. The molecule has 0 aliphatic carbocycles. The van der Waals surface area contributed by atoms with Gasteiger partial charge in [0.05, 0.1) is 11.6 Å². The molecule has 3 nitrogen and oxygen atoms in total. The summed E-state index contributed by atoms with van der Waals surface area (Å²) in [6.07, 6.45) is 3.60. The number of pyridine rings is 1. The fraction of sp³-hybridized carbons (Fsp3) is 0.263. The monoisotopic (exact) mass is 290 g/mol. The van der Waals surface area contributed by atoms with Gasteiger partial charge in [0.15, 0.2) is 5.78 Å². The molecule has 3 heteroatoms. The van der Waals surface area contributed by atoms with Crippen LogP contribution < -0.4 is 0 Å². The second-order valence-corrected chi connectivity index (χ2v) is 6.57. The van der Waals surface area contributed by atoms with Crippen LogP contribution in [-0.4, -0.2) is 15.3 Å². The van der Waals surface area contributed by atoms with Crippen molar-refractivity contribution in [3.63, 3.8) is 0 Å². The number of aromatic nitrogens is 2.